The molecule has 0 unspecified atom stereocenters. The van der Waals surface area contributed by atoms with E-state index in [4.69, 9.17) is 0 Å². The first kappa shape index (κ1) is 12.8. The first-order chi connectivity index (χ1) is 8.64. The van der Waals surface area contributed by atoms with E-state index < -0.39 is 11.4 Å². The van der Waals surface area contributed by atoms with E-state index in [2.05, 4.69) is 20.8 Å². The van der Waals surface area contributed by atoms with E-state index in [1.165, 1.54) is 4.68 Å². The zero-order valence-electron chi connectivity index (χ0n) is 10.6. The Hall–Kier alpha value is -1.66. The molecule has 0 atom stereocenters. The van der Waals surface area contributed by atoms with Crippen molar-refractivity contribution in [3.8, 4) is 0 Å². The maximum Gasteiger partial charge on any atom is 0.311 e. The number of nitrogens with zero attached hydrogens (tertiary/aromatic N) is 4. The highest BCUT2D eigenvalue weighted by molar-refractivity contribution is 5.75. The average molecular weight is 253 g/mol. The Morgan fingerprint density at radius 1 is 1.39 bits per heavy atom. The summed E-state index contributed by atoms with van der Waals surface area (Å²) in [5.74, 6) is -0.202. The van der Waals surface area contributed by atoms with Crippen LogP contribution in [0.15, 0.2) is 0 Å². The maximum absolute atomic E-state index is 11.6. The number of hydrogen-bond acceptors (Lipinski definition) is 5. The number of aromatic nitrogens is 4. The van der Waals surface area contributed by atoms with Gasteiger partial charge in [-0.25, -0.2) is 4.68 Å². The number of carboxylic acids is 1. The lowest BCUT2D eigenvalue weighted by Crippen LogP contribution is -2.38. The molecule has 0 saturated heterocycles. The van der Waals surface area contributed by atoms with Crippen molar-refractivity contribution in [1.29, 1.82) is 0 Å². The normalized spacial score (nSPS) is 19.2. The molecule has 18 heavy (non-hydrogen) atoms. The number of aliphatic carboxylic acids is 1. The Morgan fingerprint density at radius 3 is 2.56 bits per heavy atom. The van der Waals surface area contributed by atoms with Crippen molar-refractivity contribution in [1.82, 2.24) is 20.2 Å². The minimum atomic E-state index is -0.716. The maximum atomic E-state index is 11.6. The van der Waals surface area contributed by atoms with E-state index in [1.807, 2.05) is 0 Å². The second-order valence-corrected chi connectivity index (χ2v) is 4.98. The molecule has 0 amide bonds. The summed E-state index contributed by atoms with van der Waals surface area (Å²) >= 11 is 0. The Balaban J connectivity index is 2.06. The van der Waals surface area contributed by atoms with E-state index in [9.17, 15) is 9.90 Å². The molecular formula is C11H19N5O2. The monoisotopic (exact) mass is 253 g/mol. The van der Waals surface area contributed by atoms with Crippen molar-refractivity contribution in [3.05, 3.63) is 0 Å². The molecule has 0 aromatic carbocycles. The number of carbonyl (C=O) groups is 1. The van der Waals surface area contributed by atoms with Gasteiger partial charge in [-0.2, -0.15) is 0 Å². The SMILES string of the molecule is Cn1nnnc1NCC1(C(=O)O)CCCCCC1. The summed E-state index contributed by atoms with van der Waals surface area (Å²) in [5.41, 5.74) is -0.678. The fraction of sp³-hybridized carbons (Fsp3) is 0.818. The summed E-state index contributed by atoms with van der Waals surface area (Å²) in [7, 11) is 1.73. The molecule has 1 aliphatic carbocycles. The summed E-state index contributed by atoms with van der Waals surface area (Å²) in [4.78, 5) is 11.6. The van der Waals surface area contributed by atoms with Crippen molar-refractivity contribution in [3.63, 3.8) is 0 Å². The first-order valence-corrected chi connectivity index (χ1v) is 6.34. The minimum Gasteiger partial charge on any atom is -0.481 e. The van der Waals surface area contributed by atoms with Crippen LogP contribution in [0.4, 0.5) is 5.95 Å². The zero-order chi connectivity index (χ0) is 13.0. The predicted octanol–water partition coefficient (Wildman–Crippen LogP) is 1.05. The van der Waals surface area contributed by atoms with E-state index in [0.717, 1.165) is 38.5 Å². The van der Waals surface area contributed by atoms with Crippen LogP contribution in [0.25, 0.3) is 0 Å². The van der Waals surface area contributed by atoms with Gasteiger partial charge in [0, 0.05) is 13.6 Å². The fourth-order valence-electron chi connectivity index (χ4n) is 2.50. The molecule has 1 saturated carbocycles. The fourth-order valence-corrected chi connectivity index (χ4v) is 2.50. The van der Waals surface area contributed by atoms with E-state index in [1.54, 1.807) is 7.05 Å². The van der Waals surface area contributed by atoms with Crippen LogP contribution in [0.1, 0.15) is 38.5 Å². The van der Waals surface area contributed by atoms with Crippen LogP contribution >= 0.6 is 0 Å². The van der Waals surface area contributed by atoms with E-state index >= 15 is 0 Å². The third-order valence-corrected chi connectivity index (χ3v) is 3.72. The van der Waals surface area contributed by atoms with Gasteiger partial charge in [-0.05, 0) is 23.3 Å². The van der Waals surface area contributed by atoms with Gasteiger partial charge in [0.05, 0.1) is 5.41 Å². The number of anilines is 1. The number of tetrazole rings is 1. The highest BCUT2D eigenvalue weighted by Gasteiger charge is 2.38. The largest absolute Gasteiger partial charge is 0.481 e. The number of rotatable bonds is 4. The van der Waals surface area contributed by atoms with Crippen molar-refractivity contribution >= 4 is 11.9 Å². The van der Waals surface area contributed by atoms with Crippen molar-refractivity contribution < 1.29 is 9.90 Å². The Morgan fingerprint density at radius 2 is 2.06 bits per heavy atom. The highest BCUT2D eigenvalue weighted by atomic mass is 16.4. The van der Waals surface area contributed by atoms with Crippen LogP contribution in [0, 0.1) is 5.41 Å². The van der Waals surface area contributed by atoms with Crippen LogP contribution < -0.4 is 5.32 Å². The molecule has 100 valence electrons. The third-order valence-electron chi connectivity index (χ3n) is 3.72. The van der Waals surface area contributed by atoms with Crippen LogP contribution in [0.3, 0.4) is 0 Å². The standard InChI is InChI=1S/C11H19N5O2/c1-16-10(13-14-15-16)12-8-11(9(17)18)6-4-2-3-5-7-11/h2-8H2,1H3,(H,17,18)(H,12,13,15). The van der Waals surface area contributed by atoms with Gasteiger partial charge in [0.1, 0.15) is 0 Å². The molecule has 0 radical (unpaired) electrons. The second-order valence-electron chi connectivity index (χ2n) is 4.98. The lowest BCUT2D eigenvalue weighted by atomic mass is 9.80. The zero-order valence-corrected chi connectivity index (χ0v) is 10.6. The highest BCUT2D eigenvalue weighted by Crippen LogP contribution is 2.35. The van der Waals surface area contributed by atoms with Crippen LogP contribution in [-0.2, 0) is 11.8 Å². The summed E-state index contributed by atoms with van der Waals surface area (Å²) in [6.07, 6.45) is 5.65. The van der Waals surface area contributed by atoms with Gasteiger partial charge in [-0.3, -0.25) is 4.79 Å². The molecule has 1 aliphatic rings. The van der Waals surface area contributed by atoms with Crippen molar-refractivity contribution in [2.24, 2.45) is 12.5 Å². The molecule has 1 fully saturated rings. The molecule has 1 aromatic heterocycles. The smallest absolute Gasteiger partial charge is 0.311 e. The average Bonchev–Trinajstić information content (AvgIpc) is 2.63. The number of aryl methyl sites for hydroxylation is 1. The lowest BCUT2D eigenvalue weighted by Gasteiger charge is -2.28. The molecule has 1 aromatic rings. The minimum absolute atomic E-state index is 0.385. The first-order valence-electron chi connectivity index (χ1n) is 6.34. The van der Waals surface area contributed by atoms with Gasteiger partial charge in [0.2, 0.25) is 5.95 Å². The number of carboxylic acid groups (broad SMARTS) is 1. The number of nitrogens with one attached hydrogen (secondary N) is 1. The summed E-state index contributed by atoms with van der Waals surface area (Å²) in [6.45, 7) is 0.385. The Bertz CT molecular complexity index is 409. The Labute approximate surface area is 106 Å². The quantitative estimate of drug-likeness (QED) is 0.779. The van der Waals surface area contributed by atoms with Crippen LogP contribution in [-0.4, -0.2) is 37.8 Å². The molecule has 0 bridgehead atoms. The molecule has 7 heteroatoms. The lowest BCUT2D eigenvalue weighted by molar-refractivity contribution is -0.149. The topological polar surface area (TPSA) is 92.9 Å². The summed E-state index contributed by atoms with van der Waals surface area (Å²) in [6, 6.07) is 0. The molecule has 0 spiro atoms. The summed E-state index contributed by atoms with van der Waals surface area (Å²) in [5, 5.41) is 23.6. The molecule has 7 nitrogen and oxygen atoms in total. The van der Waals surface area contributed by atoms with E-state index in [-0.39, 0.29) is 0 Å². The molecule has 2 rings (SSSR count). The van der Waals surface area contributed by atoms with Gasteiger partial charge in [0.25, 0.3) is 0 Å². The molecular weight excluding hydrogens is 234 g/mol. The van der Waals surface area contributed by atoms with Crippen molar-refractivity contribution in [2.45, 2.75) is 38.5 Å². The van der Waals surface area contributed by atoms with Gasteiger partial charge < -0.3 is 10.4 Å². The van der Waals surface area contributed by atoms with Crippen LogP contribution in [0.2, 0.25) is 0 Å². The molecule has 1 heterocycles. The Kier molecular flexibility index (Phi) is 3.78. The van der Waals surface area contributed by atoms with Gasteiger partial charge in [-0.15, -0.1) is 0 Å². The molecule has 0 aliphatic heterocycles. The van der Waals surface area contributed by atoms with Crippen molar-refractivity contribution in [2.75, 3.05) is 11.9 Å². The number of hydrogen-bond donors (Lipinski definition) is 2. The predicted molar refractivity (Wildman–Crippen MR) is 65.1 cm³/mol. The second kappa shape index (κ2) is 5.32. The van der Waals surface area contributed by atoms with Gasteiger partial charge in [-0.1, -0.05) is 30.8 Å². The van der Waals surface area contributed by atoms with Crippen LogP contribution in [0.5, 0.6) is 0 Å². The summed E-state index contributed by atoms with van der Waals surface area (Å²) < 4.78 is 1.51. The van der Waals surface area contributed by atoms with Gasteiger partial charge in [0.15, 0.2) is 0 Å². The third kappa shape index (κ3) is 2.60. The van der Waals surface area contributed by atoms with Gasteiger partial charge >= 0.3 is 5.97 Å². The van der Waals surface area contributed by atoms with E-state index in [0.29, 0.717) is 12.5 Å². The molecule has 2 N–H and O–H groups in total.